The fourth-order valence-corrected chi connectivity index (χ4v) is 7.80. The van der Waals surface area contributed by atoms with Crippen LogP contribution in [0.15, 0.2) is 164 Å². The van der Waals surface area contributed by atoms with E-state index in [1.54, 1.807) is 54.6 Å². The Kier molecular flexibility index (Phi) is 8.16. The van der Waals surface area contributed by atoms with Crippen LogP contribution in [0.1, 0.15) is 10.4 Å². The fourth-order valence-electron chi connectivity index (χ4n) is 5.18. The highest BCUT2D eigenvalue weighted by Crippen LogP contribution is 2.42. The molecule has 1 heterocycles. The molecule has 1 amide bonds. The summed E-state index contributed by atoms with van der Waals surface area (Å²) in [5.41, 5.74) is 2.85. The van der Waals surface area contributed by atoms with Crippen LogP contribution in [0.2, 0.25) is 0 Å². The third kappa shape index (κ3) is 6.63. The Bertz CT molecular complexity index is 2490. The molecule has 0 saturated carbocycles. The van der Waals surface area contributed by atoms with Gasteiger partial charge in [-0.1, -0.05) is 48.5 Å². The van der Waals surface area contributed by atoms with Crippen LogP contribution >= 0.6 is 0 Å². The van der Waals surface area contributed by atoms with Gasteiger partial charge in [0.15, 0.2) is 0 Å². The first kappa shape index (κ1) is 31.4. The van der Waals surface area contributed by atoms with Crippen molar-refractivity contribution < 1.29 is 21.6 Å². The number of azo groups is 2. The van der Waals surface area contributed by atoms with Crippen LogP contribution < -0.4 is 14.8 Å². The van der Waals surface area contributed by atoms with Crippen molar-refractivity contribution in [3.8, 4) is 0 Å². The molecular formula is C35H25N7O5S2. The Hall–Kier alpha value is -6.25. The predicted octanol–water partition coefficient (Wildman–Crippen LogP) is 8.84. The molecule has 0 fully saturated rings. The first-order chi connectivity index (χ1) is 23.7. The van der Waals surface area contributed by atoms with Crippen molar-refractivity contribution in [1.29, 1.82) is 0 Å². The Labute approximate surface area is 281 Å². The van der Waals surface area contributed by atoms with Crippen molar-refractivity contribution in [3.63, 3.8) is 0 Å². The summed E-state index contributed by atoms with van der Waals surface area (Å²) >= 11 is 0. The average molecular weight is 688 g/mol. The number of nitrogens with zero attached hydrogens (tertiary/aromatic N) is 4. The van der Waals surface area contributed by atoms with Crippen LogP contribution in [0.25, 0.3) is 10.8 Å². The highest BCUT2D eigenvalue weighted by Gasteiger charge is 2.33. The Balaban J connectivity index is 1.19. The van der Waals surface area contributed by atoms with Crippen molar-refractivity contribution in [3.05, 3.63) is 139 Å². The standard InChI is InChI=1S/C35H25N7O5S2/c43-35-30-13-7-12-29-31(48(44,45)41-27-18-14-25(15-19-27)39-37-23-8-3-1-4-9-23)22-32(34(36-35)33(29)30)49(46,47)42-28-20-16-26(17-21-28)40-38-24-10-5-2-6-11-24/h1-22,41-42H,(H,36,43). The van der Waals surface area contributed by atoms with Gasteiger partial charge in [0.2, 0.25) is 0 Å². The van der Waals surface area contributed by atoms with Crippen LogP contribution in [-0.4, -0.2) is 22.7 Å². The molecule has 6 aromatic rings. The summed E-state index contributed by atoms with van der Waals surface area (Å²) in [5.74, 6) is -0.548. The quantitative estimate of drug-likeness (QED) is 0.122. The predicted molar refractivity (Wildman–Crippen MR) is 188 cm³/mol. The molecule has 6 aromatic carbocycles. The molecule has 49 heavy (non-hydrogen) atoms. The second-order valence-electron chi connectivity index (χ2n) is 10.8. The molecule has 0 radical (unpaired) electrons. The van der Waals surface area contributed by atoms with Gasteiger partial charge in [0.1, 0.15) is 4.90 Å². The van der Waals surface area contributed by atoms with Gasteiger partial charge in [-0.15, -0.1) is 0 Å². The average Bonchev–Trinajstić information content (AvgIpc) is 3.45. The monoisotopic (exact) mass is 687 g/mol. The minimum absolute atomic E-state index is 0.0107. The Morgan fingerprint density at radius 1 is 0.490 bits per heavy atom. The zero-order chi connectivity index (χ0) is 34.0. The van der Waals surface area contributed by atoms with Gasteiger partial charge in [-0.05, 0) is 84.9 Å². The van der Waals surface area contributed by atoms with E-state index in [0.717, 1.165) is 6.07 Å². The largest absolute Gasteiger partial charge is 0.320 e. The van der Waals surface area contributed by atoms with Gasteiger partial charge >= 0.3 is 0 Å². The molecule has 0 unspecified atom stereocenters. The van der Waals surface area contributed by atoms with Gasteiger partial charge < -0.3 is 5.32 Å². The maximum absolute atomic E-state index is 13.9. The number of rotatable bonds is 10. The SMILES string of the molecule is O=C1Nc2c(S(=O)(=O)Nc3ccc(N=Nc4ccccc4)cc3)cc(S(=O)(=O)Nc3ccc(N=Nc4ccccc4)cc3)c3cccc1c23. The first-order valence-electron chi connectivity index (χ1n) is 14.8. The molecule has 1 aliphatic heterocycles. The van der Waals surface area contributed by atoms with Gasteiger partial charge in [-0.2, -0.15) is 20.5 Å². The Morgan fingerprint density at radius 3 is 1.43 bits per heavy atom. The molecule has 7 rings (SSSR count). The van der Waals surface area contributed by atoms with Crippen LogP contribution in [0.5, 0.6) is 0 Å². The summed E-state index contributed by atoms with van der Waals surface area (Å²) in [6, 6.07) is 36.3. The summed E-state index contributed by atoms with van der Waals surface area (Å²) in [4.78, 5) is 12.1. The van der Waals surface area contributed by atoms with Gasteiger partial charge in [0.25, 0.3) is 26.0 Å². The minimum Gasteiger partial charge on any atom is -0.320 e. The molecule has 0 aromatic heterocycles. The van der Waals surface area contributed by atoms with E-state index >= 15 is 0 Å². The molecule has 0 spiro atoms. The minimum atomic E-state index is -4.43. The van der Waals surface area contributed by atoms with Crippen molar-refractivity contribution in [2.75, 3.05) is 14.8 Å². The van der Waals surface area contributed by atoms with E-state index in [9.17, 15) is 21.6 Å². The van der Waals surface area contributed by atoms with Gasteiger partial charge in [0, 0.05) is 27.7 Å². The van der Waals surface area contributed by atoms with Gasteiger partial charge in [-0.3, -0.25) is 14.2 Å². The highest BCUT2D eigenvalue weighted by atomic mass is 32.2. The zero-order valence-electron chi connectivity index (χ0n) is 25.3. The molecular weight excluding hydrogens is 663 g/mol. The number of benzene rings is 6. The van der Waals surface area contributed by atoms with Gasteiger partial charge in [-0.25, -0.2) is 16.8 Å². The zero-order valence-corrected chi connectivity index (χ0v) is 27.0. The second-order valence-corrected chi connectivity index (χ2v) is 14.1. The summed E-state index contributed by atoms with van der Waals surface area (Å²) in [6.07, 6.45) is 0. The van der Waals surface area contributed by atoms with Gasteiger partial charge in [0.05, 0.1) is 33.3 Å². The lowest BCUT2D eigenvalue weighted by molar-refractivity contribution is 0.103. The van der Waals surface area contributed by atoms with Crippen molar-refractivity contribution in [1.82, 2.24) is 0 Å². The molecule has 0 saturated heterocycles. The van der Waals surface area contributed by atoms with Crippen molar-refractivity contribution >= 4 is 76.5 Å². The summed E-state index contributed by atoms with van der Waals surface area (Å²) in [7, 11) is -8.81. The summed E-state index contributed by atoms with van der Waals surface area (Å²) in [5, 5.41) is 19.6. The number of carbonyl (C=O) groups is 1. The molecule has 1 aliphatic rings. The second kappa shape index (κ2) is 12.7. The summed E-state index contributed by atoms with van der Waals surface area (Å²) < 4.78 is 60.5. The van der Waals surface area contributed by atoms with Crippen LogP contribution in [-0.2, 0) is 20.0 Å². The van der Waals surface area contributed by atoms with E-state index in [2.05, 4.69) is 35.2 Å². The molecule has 0 aliphatic carbocycles. The topological polar surface area (TPSA) is 171 Å². The number of nitrogens with one attached hydrogen (secondary N) is 3. The summed E-state index contributed by atoms with van der Waals surface area (Å²) in [6.45, 7) is 0. The van der Waals surface area contributed by atoms with Crippen molar-refractivity contribution in [2.45, 2.75) is 9.79 Å². The van der Waals surface area contributed by atoms with E-state index in [0.29, 0.717) is 22.7 Å². The number of hydrogen-bond acceptors (Lipinski definition) is 9. The lowest BCUT2D eigenvalue weighted by Crippen LogP contribution is -2.18. The van der Waals surface area contributed by atoms with E-state index < -0.39 is 30.8 Å². The smallest absolute Gasteiger partial charge is 0.264 e. The van der Waals surface area contributed by atoms with E-state index in [1.165, 1.54) is 36.4 Å². The first-order valence-corrected chi connectivity index (χ1v) is 17.7. The molecule has 0 bridgehead atoms. The fraction of sp³-hybridized carbons (Fsp3) is 0. The lowest BCUT2D eigenvalue weighted by atomic mass is 10.1. The third-order valence-corrected chi connectivity index (χ3v) is 10.3. The van der Waals surface area contributed by atoms with E-state index in [1.807, 2.05) is 36.4 Å². The van der Waals surface area contributed by atoms with E-state index in [4.69, 9.17) is 0 Å². The Morgan fingerprint density at radius 2 is 0.939 bits per heavy atom. The molecule has 14 heteroatoms. The highest BCUT2D eigenvalue weighted by molar-refractivity contribution is 7.93. The molecule has 0 atom stereocenters. The number of carbonyl (C=O) groups excluding carboxylic acids is 1. The molecule has 12 nitrogen and oxygen atoms in total. The number of hydrogen-bond donors (Lipinski definition) is 3. The molecule has 3 N–H and O–H groups in total. The normalized spacial score (nSPS) is 12.9. The van der Waals surface area contributed by atoms with E-state index in [-0.39, 0.29) is 38.3 Å². The van der Waals surface area contributed by atoms with Crippen LogP contribution in [0, 0.1) is 0 Å². The number of amides is 1. The molecule has 242 valence electrons. The third-order valence-electron chi connectivity index (χ3n) is 7.46. The maximum atomic E-state index is 13.9. The van der Waals surface area contributed by atoms with Crippen LogP contribution in [0.4, 0.5) is 39.8 Å². The lowest BCUT2D eigenvalue weighted by Gasteiger charge is -2.16. The van der Waals surface area contributed by atoms with Crippen LogP contribution in [0.3, 0.4) is 0 Å². The number of anilines is 3. The number of sulfonamides is 2. The maximum Gasteiger partial charge on any atom is 0.264 e. The van der Waals surface area contributed by atoms with Crippen molar-refractivity contribution in [2.24, 2.45) is 20.5 Å².